The second-order valence-electron chi connectivity index (χ2n) is 7.51. The molecule has 0 atom stereocenters. The van der Waals surface area contributed by atoms with Gasteiger partial charge in [-0.05, 0) is 36.5 Å². The number of nitrogens with zero attached hydrogens (tertiary/aromatic N) is 3. The molecule has 0 saturated carbocycles. The summed E-state index contributed by atoms with van der Waals surface area (Å²) in [6.07, 6.45) is 1.40. The number of nitro benzene ring substituents is 1. The lowest BCUT2D eigenvalue weighted by Crippen LogP contribution is -3.00. The van der Waals surface area contributed by atoms with E-state index in [-0.39, 0.29) is 28.8 Å². The average molecular weight is 504 g/mol. The topological polar surface area (TPSA) is 122 Å². The van der Waals surface area contributed by atoms with E-state index in [2.05, 4.69) is 15.5 Å². The van der Waals surface area contributed by atoms with Gasteiger partial charge in [0, 0.05) is 29.4 Å². The highest BCUT2D eigenvalue weighted by atomic mass is 35.5. The second kappa shape index (κ2) is 10.6. The zero-order valence-electron chi connectivity index (χ0n) is 18.2. The molecule has 178 valence electrons. The molecule has 0 unspecified atom stereocenters. The Hall–Kier alpha value is -3.54. The largest absolute Gasteiger partial charge is 1.00 e. The Morgan fingerprint density at radius 1 is 1.18 bits per heavy atom. The Bertz CT molecular complexity index is 1180. The number of halogens is 1. The minimum atomic E-state index is -0.659. The molecular weight excluding hydrogens is 482 g/mol. The van der Waals surface area contributed by atoms with Crippen LogP contribution in [0.15, 0.2) is 48.0 Å². The van der Waals surface area contributed by atoms with Crippen LogP contribution in [0.4, 0.5) is 17.1 Å². The Labute approximate surface area is 207 Å². The Kier molecular flexibility index (Phi) is 7.82. The van der Waals surface area contributed by atoms with Gasteiger partial charge in [0.25, 0.3) is 17.5 Å². The van der Waals surface area contributed by atoms with Crippen LogP contribution < -0.4 is 37.6 Å². The van der Waals surface area contributed by atoms with Gasteiger partial charge in [0.1, 0.15) is 11.3 Å². The van der Waals surface area contributed by atoms with E-state index in [0.717, 1.165) is 31.9 Å². The van der Waals surface area contributed by atoms with Crippen LogP contribution in [0.1, 0.15) is 5.56 Å². The van der Waals surface area contributed by atoms with Crippen molar-refractivity contribution in [1.29, 1.82) is 0 Å². The highest BCUT2D eigenvalue weighted by Gasteiger charge is 2.35. The molecule has 0 bridgehead atoms. The number of thiocarbonyl (C=S) groups is 1. The predicted octanol–water partition coefficient (Wildman–Crippen LogP) is -2.18. The third-order valence-electron chi connectivity index (χ3n) is 5.48. The minimum Gasteiger partial charge on any atom is -1.00 e. The van der Waals surface area contributed by atoms with Crippen LogP contribution in [0, 0.1) is 10.1 Å². The summed E-state index contributed by atoms with van der Waals surface area (Å²) in [7, 11) is 1.50. The number of non-ortho nitro benzene ring substituents is 1. The Morgan fingerprint density at radius 2 is 1.91 bits per heavy atom. The number of anilines is 2. The van der Waals surface area contributed by atoms with E-state index in [1.807, 2.05) is 0 Å². The summed E-state index contributed by atoms with van der Waals surface area (Å²) in [5.41, 5.74) is 1.28. The van der Waals surface area contributed by atoms with Crippen molar-refractivity contribution in [3.63, 3.8) is 0 Å². The van der Waals surface area contributed by atoms with Crippen molar-refractivity contribution in [3.05, 3.63) is 63.7 Å². The van der Waals surface area contributed by atoms with Gasteiger partial charge in [-0.3, -0.25) is 29.9 Å². The highest BCUT2D eigenvalue weighted by molar-refractivity contribution is 7.80. The monoisotopic (exact) mass is 503 g/mol. The highest BCUT2D eigenvalue weighted by Crippen LogP contribution is 2.30. The molecule has 2 fully saturated rings. The number of nitrogens with two attached hydrogens (primary N) is 1. The van der Waals surface area contributed by atoms with Gasteiger partial charge in [0.15, 0.2) is 5.11 Å². The summed E-state index contributed by atoms with van der Waals surface area (Å²) in [4.78, 5) is 40.3. The van der Waals surface area contributed by atoms with E-state index in [9.17, 15) is 19.7 Å². The van der Waals surface area contributed by atoms with Crippen molar-refractivity contribution >= 4 is 52.3 Å². The Balaban J connectivity index is 0.00000324. The number of piperazine rings is 1. The zero-order valence-corrected chi connectivity index (χ0v) is 19.8. The smallest absolute Gasteiger partial charge is 0.270 e. The normalized spacial score (nSPS) is 17.3. The third-order valence-corrected chi connectivity index (χ3v) is 5.77. The molecule has 2 saturated heterocycles. The Morgan fingerprint density at radius 3 is 2.59 bits per heavy atom. The fraction of sp³-hybridized carbons (Fsp3) is 0.227. The van der Waals surface area contributed by atoms with Gasteiger partial charge in [0.2, 0.25) is 0 Å². The number of carbonyl (C=O) groups excluding carboxylic acids is 2. The molecule has 4 rings (SSSR count). The van der Waals surface area contributed by atoms with Crippen LogP contribution in [0.2, 0.25) is 0 Å². The molecule has 12 heteroatoms. The van der Waals surface area contributed by atoms with Crippen molar-refractivity contribution < 1.29 is 37.0 Å². The van der Waals surface area contributed by atoms with Crippen LogP contribution in [-0.2, 0) is 9.59 Å². The van der Waals surface area contributed by atoms with E-state index in [1.165, 1.54) is 30.2 Å². The first-order chi connectivity index (χ1) is 15.9. The van der Waals surface area contributed by atoms with Gasteiger partial charge in [-0.1, -0.05) is 6.07 Å². The van der Waals surface area contributed by atoms with Crippen LogP contribution in [0.5, 0.6) is 5.75 Å². The SMILES string of the molecule is COc1cccc(N2C(=O)/C(=C\c3cc([N+](=O)[O-])ccc3N3CC[NH2+]CC3)C(=O)NC2=S)c1.[Cl-]. The summed E-state index contributed by atoms with van der Waals surface area (Å²) in [6, 6.07) is 11.2. The molecule has 2 amide bonds. The van der Waals surface area contributed by atoms with Crippen molar-refractivity contribution in [2.45, 2.75) is 0 Å². The minimum absolute atomic E-state index is 0. The summed E-state index contributed by atoms with van der Waals surface area (Å²) < 4.78 is 5.22. The quantitative estimate of drug-likeness (QED) is 0.156. The van der Waals surface area contributed by atoms with Crippen LogP contribution >= 0.6 is 12.2 Å². The maximum atomic E-state index is 13.4. The van der Waals surface area contributed by atoms with E-state index < -0.39 is 16.7 Å². The number of rotatable bonds is 5. The van der Waals surface area contributed by atoms with Gasteiger partial charge >= 0.3 is 0 Å². The van der Waals surface area contributed by atoms with Crippen LogP contribution in [0.25, 0.3) is 6.08 Å². The lowest BCUT2D eigenvalue weighted by atomic mass is 10.0. The summed E-state index contributed by atoms with van der Waals surface area (Å²) >= 11 is 5.25. The molecule has 0 radical (unpaired) electrons. The fourth-order valence-corrected chi connectivity index (χ4v) is 4.13. The van der Waals surface area contributed by atoms with Crippen molar-refractivity contribution in [3.8, 4) is 5.75 Å². The number of nitro groups is 1. The second-order valence-corrected chi connectivity index (χ2v) is 7.90. The molecule has 2 aromatic carbocycles. The first-order valence-corrected chi connectivity index (χ1v) is 10.7. The standard InChI is InChI=1S/C22H21N5O5S.ClH/c1-32-17-4-2-3-15(13-17)26-21(29)18(20(28)24-22(26)33)12-14-11-16(27(30)31)5-6-19(14)25-9-7-23-8-10-25;/h2-6,11-13,23H,7-10H2,1H3,(H,24,28,33);1H/b18-12-;. The molecule has 2 aliphatic rings. The average Bonchev–Trinajstić information content (AvgIpc) is 2.82. The molecule has 2 aliphatic heterocycles. The van der Waals surface area contributed by atoms with E-state index in [1.54, 1.807) is 30.3 Å². The van der Waals surface area contributed by atoms with Gasteiger partial charge in [-0.25, -0.2) is 0 Å². The number of quaternary nitrogens is 1. The van der Waals surface area contributed by atoms with E-state index in [4.69, 9.17) is 17.0 Å². The van der Waals surface area contributed by atoms with E-state index in [0.29, 0.717) is 17.0 Å². The van der Waals surface area contributed by atoms with Crippen LogP contribution in [0.3, 0.4) is 0 Å². The number of amides is 2. The number of methoxy groups -OCH3 is 1. The molecule has 2 aromatic rings. The molecule has 2 heterocycles. The number of nitrogens with one attached hydrogen (secondary N) is 1. The van der Waals surface area contributed by atoms with Crippen molar-refractivity contribution in [2.24, 2.45) is 0 Å². The molecule has 10 nitrogen and oxygen atoms in total. The van der Waals surface area contributed by atoms with Gasteiger partial charge < -0.3 is 27.4 Å². The maximum absolute atomic E-state index is 13.4. The van der Waals surface area contributed by atoms with Crippen LogP contribution in [-0.4, -0.2) is 55.1 Å². The molecule has 34 heavy (non-hydrogen) atoms. The molecular formula is C22H22ClN5O5S. The lowest BCUT2D eigenvalue weighted by molar-refractivity contribution is -0.655. The predicted molar refractivity (Wildman–Crippen MR) is 126 cm³/mol. The maximum Gasteiger partial charge on any atom is 0.270 e. The molecule has 0 aromatic heterocycles. The molecule has 3 N–H and O–H groups in total. The third kappa shape index (κ3) is 5.01. The fourth-order valence-electron chi connectivity index (χ4n) is 3.85. The van der Waals surface area contributed by atoms with Crippen molar-refractivity contribution in [1.82, 2.24) is 5.32 Å². The first kappa shape index (κ1) is 25.1. The molecule has 0 aliphatic carbocycles. The zero-order chi connectivity index (χ0) is 23.5. The molecule has 0 spiro atoms. The summed E-state index contributed by atoms with van der Waals surface area (Å²) in [6.45, 7) is 3.25. The first-order valence-electron chi connectivity index (χ1n) is 10.3. The van der Waals surface area contributed by atoms with Crippen molar-refractivity contribution in [2.75, 3.05) is 43.1 Å². The summed E-state index contributed by atoms with van der Waals surface area (Å²) in [5, 5.41) is 16.1. The summed E-state index contributed by atoms with van der Waals surface area (Å²) in [5.74, 6) is -0.761. The van der Waals surface area contributed by atoms with E-state index >= 15 is 0 Å². The number of benzene rings is 2. The van der Waals surface area contributed by atoms with Gasteiger partial charge in [-0.15, -0.1) is 0 Å². The van der Waals surface area contributed by atoms with Gasteiger partial charge in [-0.2, -0.15) is 0 Å². The lowest BCUT2D eigenvalue weighted by Gasteiger charge is -2.30. The number of hydrogen-bond donors (Lipinski definition) is 2. The number of ether oxygens (including phenoxy) is 1. The number of carbonyl (C=O) groups is 2. The number of hydrogen-bond acceptors (Lipinski definition) is 7. The van der Waals surface area contributed by atoms with Gasteiger partial charge in [0.05, 0.1) is 43.9 Å².